The number of nitrogens with one attached hydrogen (secondary N) is 2. The topological polar surface area (TPSA) is 95.1 Å². The number of esters is 1. The van der Waals surface area contributed by atoms with E-state index in [1.165, 1.54) is 51.7 Å². The van der Waals surface area contributed by atoms with Crippen molar-refractivity contribution in [1.29, 1.82) is 0 Å². The molecule has 1 unspecified atom stereocenters. The van der Waals surface area contributed by atoms with E-state index in [9.17, 15) is 22.8 Å². The van der Waals surface area contributed by atoms with Gasteiger partial charge in [0.15, 0.2) is 11.5 Å². The van der Waals surface area contributed by atoms with Crippen molar-refractivity contribution in [3.05, 3.63) is 113 Å². The van der Waals surface area contributed by atoms with Crippen LogP contribution in [0.4, 0.5) is 29.3 Å². The van der Waals surface area contributed by atoms with Gasteiger partial charge in [0.2, 0.25) is 0 Å². The first-order valence-corrected chi connectivity index (χ1v) is 12.5. The van der Waals surface area contributed by atoms with Crippen LogP contribution in [-0.2, 0) is 10.9 Å². The van der Waals surface area contributed by atoms with Crippen LogP contribution in [0.3, 0.4) is 0 Å². The lowest BCUT2D eigenvalue weighted by molar-refractivity contribution is -0.137. The second kappa shape index (κ2) is 13.0. The highest BCUT2D eigenvalue weighted by molar-refractivity contribution is 6.01. The maximum absolute atomic E-state index is 13.2. The fourth-order valence-corrected chi connectivity index (χ4v) is 4.12. The van der Waals surface area contributed by atoms with Crippen LogP contribution in [0, 0.1) is 0 Å². The third-order valence-corrected chi connectivity index (χ3v) is 6.17. The summed E-state index contributed by atoms with van der Waals surface area (Å²) >= 11 is 0. The van der Waals surface area contributed by atoms with Gasteiger partial charge in [-0.05, 0) is 53.6 Å². The predicted molar refractivity (Wildman–Crippen MR) is 150 cm³/mol. The number of methoxy groups -OCH3 is 3. The Bertz CT molecular complexity index is 1540. The van der Waals surface area contributed by atoms with Gasteiger partial charge in [-0.1, -0.05) is 42.5 Å². The van der Waals surface area contributed by atoms with Crippen LogP contribution in [0.15, 0.2) is 91.0 Å². The maximum Gasteiger partial charge on any atom is 0.416 e. The van der Waals surface area contributed by atoms with Crippen molar-refractivity contribution in [3.8, 4) is 17.2 Å². The van der Waals surface area contributed by atoms with Crippen molar-refractivity contribution in [2.45, 2.75) is 12.3 Å². The molecular weight excluding hydrogens is 553 g/mol. The van der Waals surface area contributed by atoms with Crippen molar-refractivity contribution < 1.29 is 41.7 Å². The van der Waals surface area contributed by atoms with Gasteiger partial charge in [0.25, 0.3) is 0 Å². The van der Waals surface area contributed by atoms with E-state index >= 15 is 0 Å². The monoisotopic (exact) mass is 580 g/mol. The van der Waals surface area contributed by atoms with Crippen LogP contribution in [0.5, 0.6) is 17.2 Å². The summed E-state index contributed by atoms with van der Waals surface area (Å²) in [5.41, 5.74) is 0.961. The van der Waals surface area contributed by atoms with Crippen molar-refractivity contribution >= 4 is 23.4 Å². The lowest BCUT2D eigenvalue weighted by Crippen LogP contribution is -2.20. The van der Waals surface area contributed by atoms with Gasteiger partial charge >= 0.3 is 18.2 Å². The van der Waals surface area contributed by atoms with E-state index in [1.54, 1.807) is 48.5 Å². The molecule has 0 aromatic heterocycles. The smallest absolute Gasteiger partial charge is 0.416 e. The number of hydrogen-bond acceptors (Lipinski definition) is 6. The molecule has 42 heavy (non-hydrogen) atoms. The van der Waals surface area contributed by atoms with Gasteiger partial charge in [0.1, 0.15) is 17.4 Å². The van der Waals surface area contributed by atoms with E-state index in [2.05, 4.69) is 10.6 Å². The molecule has 4 aromatic rings. The van der Waals surface area contributed by atoms with Crippen molar-refractivity contribution in [3.63, 3.8) is 0 Å². The first-order valence-electron chi connectivity index (χ1n) is 12.5. The molecule has 0 aliphatic carbocycles. The average molecular weight is 581 g/mol. The van der Waals surface area contributed by atoms with Crippen LogP contribution in [0.1, 0.15) is 33.2 Å². The van der Waals surface area contributed by atoms with E-state index in [4.69, 9.17) is 18.9 Å². The second-order valence-corrected chi connectivity index (χ2v) is 8.88. The number of anilines is 2. The minimum atomic E-state index is -4.49. The molecule has 2 amide bonds. The number of urea groups is 1. The third-order valence-electron chi connectivity index (χ3n) is 6.17. The number of carbonyl (C=O) groups is 2. The molecule has 0 fully saturated rings. The average Bonchev–Trinajstić information content (AvgIpc) is 2.99. The molecule has 0 spiro atoms. The zero-order valence-electron chi connectivity index (χ0n) is 22.8. The second-order valence-electron chi connectivity index (χ2n) is 8.88. The Hall–Kier alpha value is -5.19. The first-order chi connectivity index (χ1) is 20.1. The summed E-state index contributed by atoms with van der Waals surface area (Å²) in [5.74, 6) is 0.271. The molecule has 4 rings (SSSR count). The predicted octanol–water partition coefficient (Wildman–Crippen LogP) is 7.32. The van der Waals surface area contributed by atoms with E-state index in [0.717, 1.165) is 12.1 Å². The number of hydrogen-bond donors (Lipinski definition) is 2. The fraction of sp³-hybridized carbons (Fsp3) is 0.161. The zero-order chi connectivity index (χ0) is 30.3. The van der Waals surface area contributed by atoms with Crippen molar-refractivity contribution in [2.75, 3.05) is 32.0 Å². The molecule has 0 saturated heterocycles. The Labute approximate surface area is 240 Å². The number of halogens is 3. The van der Waals surface area contributed by atoms with Gasteiger partial charge in [-0.15, -0.1) is 0 Å². The van der Waals surface area contributed by atoms with Gasteiger partial charge in [-0.2, -0.15) is 13.2 Å². The summed E-state index contributed by atoms with van der Waals surface area (Å²) in [6, 6.07) is 22.1. The molecule has 0 radical (unpaired) electrons. The summed E-state index contributed by atoms with van der Waals surface area (Å²) in [5, 5.41) is 5.32. The van der Waals surface area contributed by atoms with E-state index < -0.39 is 29.8 Å². The maximum atomic E-state index is 13.2. The van der Waals surface area contributed by atoms with E-state index in [1.807, 2.05) is 0 Å². The Morgan fingerprint density at radius 3 is 1.83 bits per heavy atom. The molecule has 0 heterocycles. The fourth-order valence-electron chi connectivity index (χ4n) is 4.12. The molecule has 1 atom stereocenters. The van der Waals surface area contributed by atoms with Gasteiger partial charge in [-0.25, -0.2) is 9.59 Å². The van der Waals surface area contributed by atoms with Crippen LogP contribution >= 0.6 is 0 Å². The number of carbonyl (C=O) groups excluding carboxylic acids is 2. The number of alkyl halides is 3. The lowest BCUT2D eigenvalue weighted by atomic mass is 9.99. The minimum absolute atomic E-state index is 0.00532. The van der Waals surface area contributed by atoms with Crippen molar-refractivity contribution in [2.24, 2.45) is 0 Å². The number of ether oxygens (including phenoxy) is 4. The molecule has 218 valence electrons. The molecule has 0 aliphatic rings. The summed E-state index contributed by atoms with van der Waals surface area (Å²) < 4.78 is 61.1. The Morgan fingerprint density at radius 2 is 1.26 bits per heavy atom. The summed E-state index contributed by atoms with van der Waals surface area (Å²) in [6.45, 7) is 0. The largest absolute Gasteiger partial charge is 0.493 e. The van der Waals surface area contributed by atoms with E-state index in [-0.39, 0.29) is 17.0 Å². The standard InChI is InChI=1S/C31H27F3N2O6/c1-39-26-16-14-23(18-27(26)40-2)36-30(38)35-22-13-15-25(24(17-22)29(37)41-3)42-28(19-7-5-4-6-8-19)20-9-11-21(12-10-20)31(32,33)34/h4-18,28H,1-3H3,(H2,35,36,38). The third kappa shape index (κ3) is 7.11. The molecular formula is C31H27F3N2O6. The SMILES string of the molecule is COC(=O)c1cc(NC(=O)Nc2ccc(OC)c(OC)c2)ccc1OC(c1ccccc1)c1ccc(C(F)(F)F)cc1. The number of amides is 2. The summed E-state index contributed by atoms with van der Waals surface area (Å²) in [4.78, 5) is 25.4. The highest BCUT2D eigenvalue weighted by atomic mass is 19.4. The van der Waals surface area contributed by atoms with Gasteiger partial charge in [-0.3, -0.25) is 0 Å². The Morgan fingerprint density at radius 1 is 0.690 bits per heavy atom. The highest BCUT2D eigenvalue weighted by Gasteiger charge is 2.31. The first kappa shape index (κ1) is 29.8. The van der Waals surface area contributed by atoms with Crippen molar-refractivity contribution in [1.82, 2.24) is 0 Å². The summed E-state index contributed by atoms with van der Waals surface area (Å²) in [6.07, 6.45) is -5.35. The summed E-state index contributed by atoms with van der Waals surface area (Å²) in [7, 11) is 4.16. The Balaban J connectivity index is 1.61. The molecule has 4 aromatic carbocycles. The van der Waals surface area contributed by atoms with Crippen LogP contribution in [0.25, 0.3) is 0 Å². The van der Waals surface area contributed by atoms with Gasteiger partial charge < -0.3 is 29.6 Å². The Kier molecular flexibility index (Phi) is 9.21. The number of rotatable bonds is 9. The van der Waals surface area contributed by atoms with Crippen LogP contribution in [-0.4, -0.2) is 33.3 Å². The van der Waals surface area contributed by atoms with Gasteiger partial charge in [0.05, 0.1) is 26.9 Å². The molecule has 2 N–H and O–H groups in total. The zero-order valence-corrected chi connectivity index (χ0v) is 22.8. The molecule has 0 aliphatic heterocycles. The van der Waals surface area contributed by atoms with Crippen LogP contribution < -0.4 is 24.8 Å². The number of benzene rings is 4. The normalized spacial score (nSPS) is 11.7. The molecule has 0 bridgehead atoms. The minimum Gasteiger partial charge on any atom is -0.493 e. The van der Waals surface area contributed by atoms with Crippen LogP contribution in [0.2, 0.25) is 0 Å². The molecule has 0 saturated carbocycles. The highest BCUT2D eigenvalue weighted by Crippen LogP contribution is 2.35. The molecule has 11 heteroatoms. The lowest BCUT2D eigenvalue weighted by Gasteiger charge is -2.22. The molecule has 8 nitrogen and oxygen atoms in total. The quantitative estimate of drug-likeness (QED) is 0.202. The van der Waals surface area contributed by atoms with E-state index in [0.29, 0.717) is 28.3 Å². The van der Waals surface area contributed by atoms with Gasteiger partial charge in [0, 0.05) is 17.4 Å².